The monoisotopic (exact) mass is 794 g/mol. The van der Waals surface area contributed by atoms with E-state index < -0.39 is 23.3 Å². The average molecular weight is 795 g/mol. The van der Waals surface area contributed by atoms with Gasteiger partial charge in [-0.25, -0.2) is 19.6 Å². The Kier molecular flexibility index (Phi) is 12.9. The third kappa shape index (κ3) is 8.06. The zero-order chi connectivity index (χ0) is 41.7. The zero-order valence-electron chi connectivity index (χ0n) is 33.7. The van der Waals surface area contributed by atoms with Crippen LogP contribution in [-0.2, 0) is 50.4 Å². The topological polar surface area (TPSA) is 187 Å². The minimum absolute atomic E-state index is 0.0116. The number of aliphatic hydroxyl groups is 2. The normalized spacial score (nSPS) is 17.3. The van der Waals surface area contributed by atoms with Gasteiger partial charge in [0.05, 0.1) is 56.8 Å². The predicted molar refractivity (Wildman–Crippen MR) is 219 cm³/mol. The first-order chi connectivity index (χ1) is 27.9. The Morgan fingerprint density at radius 2 is 1.60 bits per heavy atom. The second-order valence-corrected chi connectivity index (χ2v) is 14.4. The van der Waals surface area contributed by atoms with E-state index in [-0.39, 0.29) is 45.9 Å². The second-order valence-electron chi connectivity index (χ2n) is 14.4. The van der Waals surface area contributed by atoms with Crippen molar-refractivity contribution in [2.45, 2.75) is 52.4 Å². The highest BCUT2D eigenvalue weighted by Gasteiger charge is 2.50. The second kappa shape index (κ2) is 17.9. The fraction of sp³-hybridized carbons (Fsp3) is 0.364. The minimum Gasteiger partial charge on any atom is -0.466 e. The summed E-state index contributed by atoms with van der Waals surface area (Å²) in [4.78, 5) is 64.7. The molecule has 8 bridgehead atoms. The molecule has 2 atom stereocenters. The van der Waals surface area contributed by atoms with Crippen LogP contribution in [0.1, 0.15) is 71.7 Å². The molecule has 1 aliphatic carbocycles. The molecular formula is C44H50N4O10. The van der Waals surface area contributed by atoms with Crippen molar-refractivity contribution >= 4 is 56.8 Å². The molecule has 0 radical (unpaired) electrons. The lowest BCUT2D eigenvalue weighted by molar-refractivity contribution is -0.279. The van der Waals surface area contributed by atoms with Crippen LogP contribution in [0.3, 0.4) is 0 Å². The van der Waals surface area contributed by atoms with Crippen molar-refractivity contribution in [3.05, 3.63) is 106 Å². The molecular weight excluding hydrogens is 745 g/mol. The van der Waals surface area contributed by atoms with Crippen LogP contribution in [0.2, 0.25) is 0 Å². The number of aryl methyl sites for hydroxylation is 3. The molecule has 5 heterocycles. The summed E-state index contributed by atoms with van der Waals surface area (Å²) in [5.74, 6) is -1.14. The van der Waals surface area contributed by atoms with Crippen molar-refractivity contribution < 1.29 is 48.8 Å². The van der Waals surface area contributed by atoms with Crippen molar-refractivity contribution in [1.82, 2.24) is 19.9 Å². The summed E-state index contributed by atoms with van der Waals surface area (Å²) >= 11 is 0. The van der Waals surface area contributed by atoms with E-state index in [1.165, 1.54) is 14.2 Å². The molecule has 0 aromatic carbocycles. The number of hydrogen-bond acceptors (Lipinski definition) is 12. The van der Waals surface area contributed by atoms with E-state index in [0.29, 0.717) is 40.5 Å². The highest BCUT2D eigenvalue weighted by Crippen LogP contribution is 2.52. The smallest absolute Gasteiger partial charge is 0.334 e. The fourth-order valence-corrected chi connectivity index (χ4v) is 7.90. The van der Waals surface area contributed by atoms with Gasteiger partial charge >= 0.3 is 11.9 Å². The summed E-state index contributed by atoms with van der Waals surface area (Å²) in [7, 11) is 2.77. The number of rotatable bonds is 16. The van der Waals surface area contributed by atoms with E-state index in [2.05, 4.69) is 23.1 Å². The number of nitrogens with one attached hydrogen (secondary N) is 2. The lowest BCUT2D eigenvalue weighted by atomic mass is 9.64. The van der Waals surface area contributed by atoms with Gasteiger partial charge in [0, 0.05) is 57.4 Å². The van der Waals surface area contributed by atoms with Crippen LogP contribution in [0.15, 0.2) is 60.9 Å². The van der Waals surface area contributed by atoms with E-state index in [4.69, 9.17) is 39.0 Å². The van der Waals surface area contributed by atoms with Crippen molar-refractivity contribution in [2.75, 3.05) is 47.3 Å². The molecule has 3 aromatic heterocycles. The van der Waals surface area contributed by atoms with Gasteiger partial charge < -0.3 is 34.5 Å². The number of H-pyrrole nitrogens is 2. The maximum atomic E-state index is 13.2. The molecule has 3 aromatic rings. The third-order valence-electron chi connectivity index (χ3n) is 11.1. The van der Waals surface area contributed by atoms with Gasteiger partial charge in [0.1, 0.15) is 19.0 Å². The highest BCUT2D eigenvalue weighted by atomic mass is 17.2. The largest absolute Gasteiger partial charge is 0.466 e. The highest BCUT2D eigenvalue weighted by molar-refractivity contribution is 5.96. The molecule has 14 heteroatoms. The van der Waals surface area contributed by atoms with E-state index in [1.54, 1.807) is 12.2 Å². The van der Waals surface area contributed by atoms with Crippen LogP contribution < -0.4 is 0 Å². The Bertz CT molecular complexity index is 2400. The Morgan fingerprint density at radius 3 is 2.31 bits per heavy atom. The van der Waals surface area contributed by atoms with Crippen LogP contribution in [-0.4, -0.2) is 89.3 Å². The third-order valence-corrected chi connectivity index (χ3v) is 11.1. The molecule has 4 N–H and O–H groups in total. The van der Waals surface area contributed by atoms with Gasteiger partial charge in [-0.15, -0.1) is 0 Å². The first kappa shape index (κ1) is 42.0. The quantitative estimate of drug-likeness (QED) is 0.0408. The number of ether oxygens (including phenoxy) is 2. The standard InChI is InChI=1S/C44H50N4O10/c1-9-28-25(3)34-19-35-27(5)31(18-24(2)58-56-17-15-50)38(46-35)21-37-29(11-13-42(51)55-16-14-49)26(4)36(45-37)20-40-32-12-10-30(43(52)53-7)33(23-57-54-8)44(32,6)41(48-40)22-39(28)47-34/h9-10,12,19-22,33,45,47,49-50H,1-2,11,13-18,23H2,3-8H3. The van der Waals surface area contributed by atoms with Crippen molar-refractivity contribution in [3.63, 3.8) is 0 Å². The predicted octanol–water partition coefficient (Wildman–Crippen LogP) is 6.47. The van der Waals surface area contributed by atoms with Crippen LogP contribution >= 0.6 is 0 Å². The fourth-order valence-electron chi connectivity index (χ4n) is 7.90. The van der Waals surface area contributed by atoms with E-state index >= 15 is 0 Å². The Hall–Kier alpha value is -5.64. The molecule has 6 rings (SSSR count). The Balaban J connectivity index is 1.69. The number of aliphatic hydroxyl groups excluding tert-OH is 2. The number of fused-ring (bicyclic) bond motifs is 11. The van der Waals surface area contributed by atoms with Gasteiger partial charge in [0.2, 0.25) is 0 Å². The van der Waals surface area contributed by atoms with Gasteiger partial charge in [-0.2, -0.15) is 4.89 Å². The molecule has 0 fully saturated rings. The first-order valence-corrected chi connectivity index (χ1v) is 19.0. The van der Waals surface area contributed by atoms with Crippen molar-refractivity contribution in [3.8, 4) is 0 Å². The van der Waals surface area contributed by atoms with Gasteiger partial charge in [0.25, 0.3) is 0 Å². The molecule has 3 aliphatic rings. The summed E-state index contributed by atoms with van der Waals surface area (Å²) in [6.07, 6.45) is 6.13. The lowest BCUT2D eigenvalue weighted by Gasteiger charge is -2.37. The number of hydrogen-bond donors (Lipinski definition) is 4. The van der Waals surface area contributed by atoms with Crippen LogP contribution in [0.4, 0.5) is 0 Å². The van der Waals surface area contributed by atoms with E-state index in [1.807, 2.05) is 58.0 Å². The molecule has 0 saturated heterocycles. The summed E-state index contributed by atoms with van der Waals surface area (Å²) in [5.41, 5.74) is 11.4. The minimum atomic E-state index is -0.884. The van der Waals surface area contributed by atoms with Gasteiger partial charge in [0.15, 0.2) is 0 Å². The van der Waals surface area contributed by atoms with E-state index in [0.717, 1.165) is 61.0 Å². The number of esters is 2. The van der Waals surface area contributed by atoms with Gasteiger partial charge in [-0.3, -0.25) is 9.78 Å². The van der Waals surface area contributed by atoms with E-state index in [9.17, 15) is 19.8 Å². The molecule has 14 nitrogen and oxygen atoms in total. The Morgan fingerprint density at radius 1 is 0.897 bits per heavy atom. The number of carbonyl (C=O) groups excluding carboxylic acids is 2. The molecule has 2 aliphatic heterocycles. The number of aromatic nitrogens is 4. The SMILES string of the molecule is C=Cc1c(C)c2cc3nc(cc4[nH]c(cc5nc(cc1[nH]2)C1(C)C5=CC=C(C(=O)OC)C1COOC)c(C)c4CCC(=O)OCCO)C(CC(=C)OOCCO)=C3C. The maximum Gasteiger partial charge on any atom is 0.334 e. The number of carbonyl (C=O) groups is 2. The molecule has 2 unspecified atom stereocenters. The van der Waals surface area contributed by atoms with Gasteiger partial charge in [-0.05, 0) is 91.8 Å². The first-order valence-electron chi connectivity index (χ1n) is 19.0. The Labute approximate surface area is 336 Å². The summed E-state index contributed by atoms with van der Waals surface area (Å²) in [5, 5.41) is 18.4. The number of methoxy groups -OCH3 is 1. The number of allylic oxidation sites excluding steroid dienone is 5. The summed E-state index contributed by atoms with van der Waals surface area (Å²) < 4.78 is 10.4. The van der Waals surface area contributed by atoms with Crippen LogP contribution in [0.5, 0.6) is 0 Å². The number of aromatic amines is 2. The molecule has 0 spiro atoms. The van der Waals surface area contributed by atoms with Crippen LogP contribution in [0, 0.1) is 19.8 Å². The summed E-state index contributed by atoms with van der Waals surface area (Å²) in [6.45, 7) is 15.7. The average Bonchev–Trinajstić information content (AvgIpc) is 3.86. The van der Waals surface area contributed by atoms with Crippen molar-refractivity contribution in [2.24, 2.45) is 5.92 Å². The summed E-state index contributed by atoms with van der Waals surface area (Å²) in [6, 6.07) is 7.89. The maximum absolute atomic E-state index is 13.2. The molecule has 0 amide bonds. The molecule has 0 saturated carbocycles. The van der Waals surface area contributed by atoms with Gasteiger partial charge in [-0.1, -0.05) is 31.4 Å². The molecule has 58 heavy (non-hydrogen) atoms. The molecule has 306 valence electrons. The van der Waals surface area contributed by atoms with Crippen LogP contribution in [0.25, 0.3) is 44.9 Å². The van der Waals surface area contributed by atoms with Crippen molar-refractivity contribution in [1.29, 1.82) is 0 Å². The zero-order valence-corrected chi connectivity index (χ0v) is 33.7. The number of nitrogens with zero attached hydrogens (tertiary/aromatic N) is 2. The lowest BCUT2D eigenvalue weighted by Crippen LogP contribution is -2.39.